The Bertz CT molecular complexity index is 270. The smallest absolute Gasteiger partial charge is 0.336 e. The standard InChI is InChI=1S/C10H18N2O4/c1-16-10(15)8(13)5-12-9(14)6-2-3-7(11)4-6/h6-8,13H,2-5,11H2,1H3,(H,12,14). The highest BCUT2D eigenvalue weighted by Crippen LogP contribution is 2.23. The Hall–Kier alpha value is -1.14. The van der Waals surface area contributed by atoms with Crippen molar-refractivity contribution >= 4 is 11.9 Å². The number of amides is 1. The number of aliphatic hydroxyl groups is 1. The number of carbonyl (C=O) groups excluding carboxylic acids is 2. The summed E-state index contributed by atoms with van der Waals surface area (Å²) in [5.41, 5.74) is 5.69. The van der Waals surface area contributed by atoms with Crippen LogP contribution in [0.2, 0.25) is 0 Å². The van der Waals surface area contributed by atoms with Crippen molar-refractivity contribution in [2.75, 3.05) is 13.7 Å². The predicted molar refractivity (Wildman–Crippen MR) is 56.3 cm³/mol. The average Bonchev–Trinajstić information content (AvgIpc) is 2.71. The van der Waals surface area contributed by atoms with E-state index in [1.54, 1.807) is 0 Å². The summed E-state index contributed by atoms with van der Waals surface area (Å²) in [5.74, 6) is -1.00. The molecule has 92 valence electrons. The first kappa shape index (κ1) is 12.9. The van der Waals surface area contributed by atoms with Crippen LogP contribution in [0.25, 0.3) is 0 Å². The molecule has 6 nitrogen and oxygen atoms in total. The van der Waals surface area contributed by atoms with Crippen LogP contribution in [0.15, 0.2) is 0 Å². The molecular weight excluding hydrogens is 212 g/mol. The average molecular weight is 230 g/mol. The van der Waals surface area contributed by atoms with Crippen molar-refractivity contribution in [3.05, 3.63) is 0 Å². The molecule has 0 aromatic carbocycles. The summed E-state index contributed by atoms with van der Waals surface area (Å²) in [5, 5.41) is 11.8. The number of hydrogen-bond donors (Lipinski definition) is 3. The minimum atomic E-state index is -1.30. The topological polar surface area (TPSA) is 102 Å². The first-order valence-electron chi connectivity index (χ1n) is 5.33. The van der Waals surface area contributed by atoms with E-state index >= 15 is 0 Å². The highest BCUT2D eigenvalue weighted by Gasteiger charge is 2.28. The van der Waals surface area contributed by atoms with Gasteiger partial charge in [-0.3, -0.25) is 4.79 Å². The maximum Gasteiger partial charge on any atom is 0.336 e. The van der Waals surface area contributed by atoms with Crippen LogP contribution in [0.1, 0.15) is 19.3 Å². The molecular formula is C10H18N2O4. The maximum atomic E-state index is 11.6. The molecule has 3 unspecified atom stereocenters. The highest BCUT2D eigenvalue weighted by molar-refractivity contribution is 5.80. The summed E-state index contributed by atoms with van der Waals surface area (Å²) in [6.45, 7) is -0.114. The van der Waals surface area contributed by atoms with E-state index < -0.39 is 12.1 Å². The van der Waals surface area contributed by atoms with Gasteiger partial charge in [-0.15, -0.1) is 0 Å². The molecule has 1 aliphatic rings. The number of aliphatic hydroxyl groups excluding tert-OH is 1. The van der Waals surface area contributed by atoms with E-state index in [0.717, 1.165) is 12.8 Å². The van der Waals surface area contributed by atoms with Crippen LogP contribution < -0.4 is 11.1 Å². The zero-order chi connectivity index (χ0) is 12.1. The summed E-state index contributed by atoms with van der Waals surface area (Å²) < 4.78 is 4.33. The number of nitrogens with one attached hydrogen (secondary N) is 1. The minimum absolute atomic E-state index is 0.0845. The quantitative estimate of drug-likeness (QED) is 0.524. The van der Waals surface area contributed by atoms with Gasteiger partial charge in [0.1, 0.15) is 0 Å². The lowest BCUT2D eigenvalue weighted by Crippen LogP contribution is -2.39. The fourth-order valence-electron chi connectivity index (χ4n) is 1.82. The Balaban J connectivity index is 2.27. The van der Waals surface area contributed by atoms with Gasteiger partial charge in [-0.1, -0.05) is 0 Å². The van der Waals surface area contributed by atoms with Crippen molar-refractivity contribution in [3.8, 4) is 0 Å². The molecule has 0 radical (unpaired) electrons. The molecule has 1 saturated carbocycles. The largest absolute Gasteiger partial charge is 0.467 e. The van der Waals surface area contributed by atoms with E-state index in [9.17, 15) is 14.7 Å². The molecule has 0 bridgehead atoms. The van der Waals surface area contributed by atoms with Crippen molar-refractivity contribution in [2.24, 2.45) is 11.7 Å². The molecule has 6 heteroatoms. The van der Waals surface area contributed by atoms with Gasteiger partial charge in [0.05, 0.1) is 13.7 Å². The molecule has 1 aliphatic carbocycles. The Morgan fingerprint density at radius 1 is 1.56 bits per heavy atom. The Kier molecular flexibility index (Phi) is 4.70. The molecule has 1 amide bonds. The zero-order valence-electron chi connectivity index (χ0n) is 9.31. The molecule has 0 saturated heterocycles. The molecule has 16 heavy (non-hydrogen) atoms. The highest BCUT2D eigenvalue weighted by atomic mass is 16.5. The van der Waals surface area contributed by atoms with Gasteiger partial charge >= 0.3 is 5.97 Å². The monoisotopic (exact) mass is 230 g/mol. The lowest BCUT2D eigenvalue weighted by molar-refractivity contribution is -0.150. The molecule has 1 rings (SSSR count). The normalized spacial score (nSPS) is 26.2. The van der Waals surface area contributed by atoms with Crippen LogP contribution >= 0.6 is 0 Å². The summed E-state index contributed by atoms with van der Waals surface area (Å²) in [6, 6.07) is 0.0845. The SMILES string of the molecule is COC(=O)C(O)CNC(=O)C1CCC(N)C1. The van der Waals surface area contributed by atoms with Gasteiger partial charge in [-0.05, 0) is 19.3 Å². The first-order chi connectivity index (χ1) is 7.54. The van der Waals surface area contributed by atoms with E-state index in [2.05, 4.69) is 10.1 Å². The summed E-state index contributed by atoms with van der Waals surface area (Å²) in [7, 11) is 1.18. The molecule has 4 N–H and O–H groups in total. The number of carbonyl (C=O) groups is 2. The Morgan fingerprint density at radius 2 is 2.25 bits per heavy atom. The fourth-order valence-corrected chi connectivity index (χ4v) is 1.82. The van der Waals surface area contributed by atoms with Crippen molar-refractivity contribution in [3.63, 3.8) is 0 Å². The molecule has 3 atom stereocenters. The third-order valence-corrected chi connectivity index (χ3v) is 2.79. The molecule has 0 spiro atoms. The van der Waals surface area contributed by atoms with Crippen LogP contribution in [-0.2, 0) is 14.3 Å². The lowest BCUT2D eigenvalue weighted by atomic mass is 10.1. The van der Waals surface area contributed by atoms with E-state index in [1.165, 1.54) is 7.11 Å². The molecule has 0 aliphatic heterocycles. The lowest BCUT2D eigenvalue weighted by Gasteiger charge is -2.13. The van der Waals surface area contributed by atoms with Crippen molar-refractivity contribution in [1.82, 2.24) is 5.32 Å². The fraction of sp³-hybridized carbons (Fsp3) is 0.800. The zero-order valence-corrected chi connectivity index (χ0v) is 9.31. The molecule has 0 aromatic heterocycles. The second-order valence-corrected chi connectivity index (χ2v) is 4.05. The van der Waals surface area contributed by atoms with Gasteiger partial charge in [0.25, 0.3) is 0 Å². The Labute approximate surface area is 94.1 Å². The van der Waals surface area contributed by atoms with E-state index in [-0.39, 0.29) is 24.4 Å². The Morgan fingerprint density at radius 3 is 2.75 bits per heavy atom. The predicted octanol–water partition coefficient (Wildman–Crippen LogP) is -1.24. The van der Waals surface area contributed by atoms with Gasteiger partial charge in [-0.2, -0.15) is 0 Å². The number of rotatable bonds is 4. The van der Waals surface area contributed by atoms with Crippen LogP contribution in [0.4, 0.5) is 0 Å². The number of ether oxygens (including phenoxy) is 1. The summed E-state index contributed by atoms with van der Waals surface area (Å²) in [6.07, 6.45) is 0.975. The van der Waals surface area contributed by atoms with Crippen LogP contribution in [0, 0.1) is 5.92 Å². The van der Waals surface area contributed by atoms with Crippen molar-refractivity contribution in [2.45, 2.75) is 31.4 Å². The van der Waals surface area contributed by atoms with E-state index in [4.69, 9.17) is 5.73 Å². The number of hydrogen-bond acceptors (Lipinski definition) is 5. The van der Waals surface area contributed by atoms with Crippen molar-refractivity contribution in [1.29, 1.82) is 0 Å². The van der Waals surface area contributed by atoms with Gasteiger partial charge < -0.3 is 20.9 Å². The molecule has 0 aromatic rings. The van der Waals surface area contributed by atoms with Gasteiger partial charge in [-0.25, -0.2) is 4.79 Å². The maximum absolute atomic E-state index is 11.6. The van der Waals surface area contributed by atoms with E-state index in [1.807, 2.05) is 0 Å². The van der Waals surface area contributed by atoms with Crippen LogP contribution in [0.3, 0.4) is 0 Å². The van der Waals surface area contributed by atoms with Gasteiger partial charge in [0, 0.05) is 12.0 Å². The number of nitrogens with two attached hydrogens (primary N) is 1. The van der Waals surface area contributed by atoms with E-state index in [0.29, 0.717) is 6.42 Å². The molecule has 0 heterocycles. The second-order valence-electron chi connectivity index (χ2n) is 4.05. The van der Waals surface area contributed by atoms with Crippen molar-refractivity contribution < 1.29 is 19.4 Å². The van der Waals surface area contributed by atoms with Gasteiger partial charge in [0.2, 0.25) is 5.91 Å². The third-order valence-electron chi connectivity index (χ3n) is 2.79. The minimum Gasteiger partial charge on any atom is -0.467 e. The van der Waals surface area contributed by atoms with Crippen LogP contribution in [0.5, 0.6) is 0 Å². The summed E-state index contributed by atoms with van der Waals surface area (Å²) >= 11 is 0. The molecule has 1 fully saturated rings. The third kappa shape index (κ3) is 3.46. The summed E-state index contributed by atoms with van der Waals surface area (Å²) in [4.78, 5) is 22.4. The second kappa shape index (κ2) is 5.81. The first-order valence-corrected chi connectivity index (χ1v) is 5.33. The van der Waals surface area contributed by atoms with Crippen LogP contribution in [-0.4, -0.2) is 42.8 Å². The van der Waals surface area contributed by atoms with Gasteiger partial charge in [0.15, 0.2) is 6.10 Å². The number of esters is 1. The number of methoxy groups -OCH3 is 1.